The number of hydrogen-bond acceptors (Lipinski definition) is 4. The number of nitrogens with one attached hydrogen (secondary N) is 1. The molecule has 0 atom stereocenters. The fraction of sp³-hybridized carbons (Fsp3) is 0.312. The second-order valence-corrected chi connectivity index (χ2v) is 4.96. The highest BCUT2D eigenvalue weighted by Crippen LogP contribution is 2.29. The van der Waals surface area contributed by atoms with Gasteiger partial charge in [-0.15, -0.1) is 0 Å². The topological polar surface area (TPSA) is 58.1 Å². The molecular weight excluding hydrogens is 321 g/mol. The predicted octanol–water partition coefficient (Wildman–Crippen LogP) is 3.59. The van der Waals surface area contributed by atoms with Gasteiger partial charge >= 0.3 is 6.18 Å². The van der Waals surface area contributed by atoms with Gasteiger partial charge in [0.15, 0.2) is 0 Å². The van der Waals surface area contributed by atoms with E-state index in [1.807, 2.05) is 18.7 Å². The molecule has 1 N–H and O–H groups in total. The summed E-state index contributed by atoms with van der Waals surface area (Å²) in [5, 5.41) is 2.49. The van der Waals surface area contributed by atoms with Crippen LogP contribution in [0, 0.1) is 0 Å². The lowest BCUT2D eigenvalue weighted by Crippen LogP contribution is -2.23. The van der Waals surface area contributed by atoms with Crippen LogP contribution < -0.4 is 10.2 Å². The minimum absolute atomic E-state index is 0.0887. The minimum Gasteiger partial charge on any atom is -0.356 e. The van der Waals surface area contributed by atoms with E-state index in [2.05, 4.69) is 15.3 Å². The zero-order valence-corrected chi connectivity index (χ0v) is 13.3. The van der Waals surface area contributed by atoms with Crippen LogP contribution in [0.3, 0.4) is 0 Å². The summed E-state index contributed by atoms with van der Waals surface area (Å²) in [6.07, 6.45) is -1.57. The molecule has 0 fully saturated rings. The number of nitrogens with zero attached hydrogens (tertiary/aromatic N) is 3. The molecule has 0 bridgehead atoms. The molecule has 128 valence electrons. The summed E-state index contributed by atoms with van der Waals surface area (Å²) >= 11 is 0. The molecule has 0 unspecified atom stereocenters. The molecule has 0 spiro atoms. The number of halogens is 3. The maximum absolute atomic E-state index is 12.5. The van der Waals surface area contributed by atoms with Gasteiger partial charge in [0.2, 0.25) is 0 Å². The minimum atomic E-state index is -4.41. The largest absolute Gasteiger partial charge is 0.416 e. The van der Waals surface area contributed by atoms with Gasteiger partial charge in [0.25, 0.3) is 5.91 Å². The van der Waals surface area contributed by atoms with E-state index in [4.69, 9.17) is 0 Å². The lowest BCUT2D eigenvalue weighted by molar-refractivity contribution is -0.137. The fourth-order valence-electron chi connectivity index (χ4n) is 2.09. The Bertz CT molecular complexity index is 680. The monoisotopic (exact) mass is 338 g/mol. The lowest BCUT2D eigenvalue weighted by atomic mass is 10.2. The van der Waals surface area contributed by atoms with Crippen molar-refractivity contribution < 1.29 is 18.0 Å². The third-order valence-corrected chi connectivity index (χ3v) is 3.43. The number of amides is 1. The van der Waals surface area contributed by atoms with Crippen LogP contribution in [0.2, 0.25) is 0 Å². The standard InChI is InChI=1S/C16H17F3N4O/c1-3-23(4-2)14-10-20-13(9-21-14)15(24)22-12-7-5-11(6-8-12)16(17,18)19/h5-10H,3-4H2,1-2H3,(H,22,24). The van der Waals surface area contributed by atoms with E-state index in [1.54, 1.807) is 0 Å². The van der Waals surface area contributed by atoms with Gasteiger partial charge in [-0.1, -0.05) is 0 Å². The molecule has 0 aliphatic rings. The Morgan fingerprint density at radius 3 is 2.17 bits per heavy atom. The van der Waals surface area contributed by atoms with Crippen molar-refractivity contribution in [1.82, 2.24) is 9.97 Å². The second kappa shape index (κ2) is 7.29. The van der Waals surface area contributed by atoms with Gasteiger partial charge in [0.05, 0.1) is 18.0 Å². The smallest absolute Gasteiger partial charge is 0.356 e. The molecule has 0 aliphatic heterocycles. The summed E-state index contributed by atoms with van der Waals surface area (Å²) in [7, 11) is 0. The Kier molecular flexibility index (Phi) is 5.38. The van der Waals surface area contributed by atoms with E-state index in [1.165, 1.54) is 24.5 Å². The van der Waals surface area contributed by atoms with Crippen LogP contribution in [-0.2, 0) is 6.18 Å². The third kappa shape index (κ3) is 4.21. The van der Waals surface area contributed by atoms with Crippen LogP contribution in [0.1, 0.15) is 29.9 Å². The van der Waals surface area contributed by atoms with Gasteiger partial charge in [0, 0.05) is 18.8 Å². The van der Waals surface area contributed by atoms with Crippen LogP contribution in [0.15, 0.2) is 36.7 Å². The highest BCUT2D eigenvalue weighted by atomic mass is 19.4. The first kappa shape index (κ1) is 17.7. The summed E-state index contributed by atoms with van der Waals surface area (Å²) < 4.78 is 37.5. The summed E-state index contributed by atoms with van der Waals surface area (Å²) in [5.41, 5.74) is -0.433. The van der Waals surface area contributed by atoms with Crippen molar-refractivity contribution in [2.24, 2.45) is 0 Å². The van der Waals surface area contributed by atoms with Crippen molar-refractivity contribution in [2.45, 2.75) is 20.0 Å². The first-order chi connectivity index (χ1) is 11.3. The fourth-order valence-corrected chi connectivity index (χ4v) is 2.09. The van der Waals surface area contributed by atoms with Crippen molar-refractivity contribution in [3.63, 3.8) is 0 Å². The molecule has 0 aliphatic carbocycles. The van der Waals surface area contributed by atoms with Crippen LogP contribution in [0.5, 0.6) is 0 Å². The van der Waals surface area contributed by atoms with Crippen molar-refractivity contribution in [2.75, 3.05) is 23.3 Å². The molecular formula is C16H17F3N4O. The van der Waals surface area contributed by atoms with E-state index in [0.717, 1.165) is 25.2 Å². The molecule has 1 aromatic heterocycles. The number of carbonyl (C=O) groups is 1. The van der Waals surface area contributed by atoms with Crippen molar-refractivity contribution in [1.29, 1.82) is 0 Å². The number of rotatable bonds is 5. The highest BCUT2D eigenvalue weighted by molar-refractivity contribution is 6.02. The Morgan fingerprint density at radius 1 is 1.08 bits per heavy atom. The summed E-state index contributed by atoms with van der Waals surface area (Å²) in [6.45, 7) is 5.50. The van der Waals surface area contributed by atoms with Gasteiger partial charge in [-0.3, -0.25) is 4.79 Å². The van der Waals surface area contributed by atoms with Crippen molar-refractivity contribution in [3.05, 3.63) is 47.9 Å². The van der Waals surface area contributed by atoms with Crippen molar-refractivity contribution >= 4 is 17.4 Å². The molecule has 1 heterocycles. The van der Waals surface area contributed by atoms with Crippen LogP contribution in [-0.4, -0.2) is 29.0 Å². The average Bonchev–Trinajstić information content (AvgIpc) is 2.56. The van der Waals surface area contributed by atoms with E-state index in [9.17, 15) is 18.0 Å². The Morgan fingerprint density at radius 2 is 1.71 bits per heavy atom. The summed E-state index contributed by atoms with van der Waals surface area (Å²) in [6, 6.07) is 4.20. The lowest BCUT2D eigenvalue weighted by Gasteiger charge is -2.18. The van der Waals surface area contributed by atoms with Crippen molar-refractivity contribution in [3.8, 4) is 0 Å². The normalized spacial score (nSPS) is 11.2. The van der Waals surface area contributed by atoms with Crippen LogP contribution in [0.4, 0.5) is 24.7 Å². The Labute approximate surface area is 137 Å². The number of anilines is 2. The predicted molar refractivity (Wildman–Crippen MR) is 85.0 cm³/mol. The first-order valence-electron chi connectivity index (χ1n) is 7.40. The number of alkyl halides is 3. The van der Waals surface area contributed by atoms with Crippen LogP contribution in [0.25, 0.3) is 0 Å². The van der Waals surface area contributed by atoms with Gasteiger partial charge in [-0.25, -0.2) is 9.97 Å². The SMILES string of the molecule is CCN(CC)c1cnc(C(=O)Nc2ccc(C(F)(F)F)cc2)cn1. The maximum atomic E-state index is 12.5. The molecule has 0 radical (unpaired) electrons. The third-order valence-electron chi connectivity index (χ3n) is 3.43. The molecule has 2 aromatic rings. The van der Waals surface area contributed by atoms with Gasteiger partial charge < -0.3 is 10.2 Å². The molecule has 0 saturated heterocycles. The molecule has 1 aromatic carbocycles. The summed E-state index contributed by atoms with van der Waals surface area (Å²) in [4.78, 5) is 22.3. The highest BCUT2D eigenvalue weighted by Gasteiger charge is 2.30. The number of aromatic nitrogens is 2. The number of carbonyl (C=O) groups excluding carboxylic acids is 1. The molecule has 1 amide bonds. The van der Waals surface area contributed by atoms with Gasteiger partial charge in [-0.05, 0) is 38.1 Å². The zero-order valence-electron chi connectivity index (χ0n) is 13.3. The maximum Gasteiger partial charge on any atom is 0.416 e. The quantitative estimate of drug-likeness (QED) is 0.905. The van der Waals surface area contributed by atoms with Gasteiger partial charge in [0.1, 0.15) is 11.5 Å². The summed E-state index contributed by atoms with van der Waals surface area (Å²) in [5.74, 6) is 0.124. The molecule has 5 nitrogen and oxygen atoms in total. The molecule has 2 rings (SSSR count). The van der Waals surface area contributed by atoms with E-state index < -0.39 is 17.6 Å². The number of benzene rings is 1. The average molecular weight is 338 g/mol. The first-order valence-corrected chi connectivity index (χ1v) is 7.40. The van der Waals surface area contributed by atoms with E-state index in [-0.39, 0.29) is 11.4 Å². The van der Waals surface area contributed by atoms with E-state index in [0.29, 0.717) is 5.82 Å². The Balaban J connectivity index is 2.07. The molecule has 8 heteroatoms. The number of hydrogen-bond donors (Lipinski definition) is 1. The molecule has 0 saturated carbocycles. The molecule has 24 heavy (non-hydrogen) atoms. The Hall–Kier alpha value is -2.64. The zero-order chi connectivity index (χ0) is 17.7. The van der Waals surface area contributed by atoms with E-state index >= 15 is 0 Å². The second-order valence-electron chi connectivity index (χ2n) is 4.96. The van der Waals surface area contributed by atoms with Gasteiger partial charge in [-0.2, -0.15) is 13.2 Å². The van der Waals surface area contributed by atoms with Crippen LogP contribution >= 0.6 is 0 Å².